The topological polar surface area (TPSA) is 47.6 Å². The molecule has 0 aliphatic carbocycles. The summed E-state index contributed by atoms with van der Waals surface area (Å²) in [5, 5.41) is 3.25. The molecule has 1 atom stereocenters. The molecule has 154 valence electrons. The highest BCUT2D eigenvalue weighted by Gasteiger charge is 2.37. The van der Waals surface area contributed by atoms with Crippen LogP contribution in [-0.4, -0.2) is 27.1 Å². The Morgan fingerprint density at radius 1 is 1.11 bits per heavy atom. The Kier molecular flexibility index (Phi) is 10.1. The highest BCUT2D eigenvalue weighted by Crippen LogP contribution is 2.36. The fraction of sp³-hybridized carbons (Fsp3) is 0.682. The van der Waals surface area contributed by atoms with Crippen LogP contribution in [0.25, 0.3) is 0 Å². The fourth-order valence-corrected chi connectivity index (χ4v) is 3.59. The third kappa shape index (κ3) is 9.43. The number of carbonyl (C=O) groups excluding carboxylic acids is 1. The molecule has 5 heteroatoms. The van der Waals surface area contributed by atoms with Crippen molar-refractivity contribution in [2.75, 3.05) is 6.61 Å². The van der Waals surface area contributed by atoms with E-state index in [1.165, 1.54) is 12.8 Å². The first-order chi connectivity index (χ1) is 12.7. The highest BCUT2D eigenvalue weighted by atomic mass is 28.4. The maximum absolute atomic E-state index is 12.2. The zero-order chi connectivity index (χ0) is 20.3. The molecular weight excluding hydrogens is 354 g/mol. The number of amides is 1. The van der Waals surface area contributed by atoms with E-state index in [0.717, 1.165) is 24.8 Å². The Morgan fingerprint density at radius 3 is 2.37 bits per heavy atom. The molecule has 0 saturated carbocycles. The smallest absolute Gasteiger partial charge is 0.407 e. The molecule has 0 fully saturated rings. The number of ether oxygens (including phenoxy) is 1. The van der Waals surface area contributed by atoms with E-state index >= 15 is 0 Å². The molecule has 4 nitrogen and oxygen atoms in total. The first kappa shape index (κ1) is 23.7. The summed E-state index contributed by atoms with van der Waals surface area (Å²) >= 11 is 0. The second-order valence-electron chi connectivity index (χ2n) is 8.80. The van der Waals surface area contributed by atoms with Crippen LogP contribution in [0.3, 0.4) is 0 Å². The number of unbranched alkanes of at least 4 members (excludes halogenated alkanes) is 2. The summed E-state index contributed by atoms with van der Waals surface area (Å²) in [6, 6.07) is 9.86. The normalized spacial score (nSPS) is 13.3. The molecule has 0 bridgehead atoms. The number of carbonyl (C=O) groups is 1. The molecule has 0 radical (unpaired) electrons. The van der Waals surface area contributed by atoms with Crippen molar-refractivity contribution in [2.24, 2.45) is 0 Å². The minimum Gasteiger partial charge on any atom is -0.445 e. The van der Waals surface area contributed by atoms with Crippen LogP contribution in [0.2, 0.25) is 18.1 Å². The van der Waals surface area contributed by atoms with Crippen molar-refractivity contribution >= 4 is 14.4 Å². The van der Waals surface area contributed by atoms with Gasteiger partial charge in [-0.2, -0.15) is 0 Å². The summed E-state index contributed by atoms with van der Waals surface area (Å²) in [6.45, 7) is 14.4. The Balaban J connectivity index is 2.48. The number of rotatable bonds is 11. The Labute approximate surface area is 167 Å². The Bertz CT molecular complexity index is 540. The molecule has 1 aromatic carbocycles. The van der Waals surface area contributed by atoms with Gasteiger partial charge in [-0.25, -0.2) is 4.79 Å². The summed E-state index contributed by atoms with van der Waals surface area (Å²) < 4.78 is 11.7. The van der Waals surface area contributed by atoms with Gasteiger partial charge < -0.3 is 14.5 Å². The maximum atomic E-state index is 12.2. The second kappa shape index (κ2) is 11.5. The van der Waals surface area contributed by atoms with Crippen LogP contribution in [0.4, 0.5) is 4.79 Å². The van der Waals surface area contributed by atoms with Crippen molar-refractivity contribution in [2.45, 2.75) is 90.6 Å². The van der Waals surface area contributed by atoms with Gasteiger partial charge in [-0.15, -0.1) is 0 Å². The minimum atomic E-state index is -1.75. The standard InChI is InChI=1S/C22H39NO3Si/c1-7-8-10-15-20(16-17-26-27(5,6)22(2,3)4)23-21(24)25-18-19-13-11-9-12-14-19/h9,11-14,20H,7-8,10,15-18H2,1-6H3,(H,23,24). The predicted molar refractivity (Wildman–Crippen MR) is 115 cm³/mol. The largest absolute Gasteiger partial charge is 0.445 e. The van der Waals surface area contributed by atoms with Crippen molar-refractivity contribution in [3.63, 3.8) is 0 Å². The average molecular weight is 394 g/mol. The van der Waals surface area contributed by atoms with E-state index in [0.29, 0.717) is 13.2 Å². The van der Waals surface area contributed by atoms with E-state index in [4.69, 9.17) is 9.16 Å². The zero-order valence-electron chi connectivity index (χ0n) is 18.1. The lowest BCUT2D eigenvalue weighted by Crippen LogP contribution is -2.42. The van der Waals surface area contributed by atoms with Gasteiger partial charge in [0.15, 0.2) is 8.32 Å². The highest BCUT2D eigenvalue weighted by molar-refractivity contribution is 6.74. The van der Waals surface area contributed by atoms with Gasteiger partial charge in [0.05, 0.1) is 0 Å². The van der Waals surface area contributed by atoms with E-state index in [-0.39, 0.29) is 17.2 Å². The van der Waals surface area contributed by atoms with E-state index in [9.17, 15) is 4.79 Å². The molecule has 1 amide bonds. The first-order valence-corrected chi connectivity index (χ1v) is 13.2. The number of hydrogen-bond acceptors (Lipinski definition) is 3. The van der Waals surface area contributed by atoms with E-state index in [2.05, 4.69) is 46.1 Å². The zero-order valence-corrected chi connectivity index (χ0v) is 19.1. The fourth-order valence-electron chi connectivity index (χ4n) is 2.53. The predicted octanol–water partition coefficient (Wildman–Crippen LogP) is 6.27. The van der Waals surface area contributed by atoms with Gasteiger partial charge in [0, 0.05) is 12.6 Å². The van der Waals surface area contributed by atoms with E-state index in [1.807, 2.05) is 30.3 Å². The van der Waals surface area contributed by atoms with Crippen molar-refractivity contribution in [1.29, 1.82) is 0 Å². The summed E-state index contributed by atoms with van der Waals surface area (Å²) in [4.78, 5) is 12.2. The van der Waals surface area contributed by atoms with Gasteiger partial charge in [0.2, 0.25) is 0 Å². The third-order valence-corrected chi connectivity index (χ3v) is 9.96. The van der Waals surface area contributed by atoms with Crippen molar-refractivity contribution < 1.29 is 14.0 Å². The molecule has 1 unspecified atom stereocenters. The van der Waals surface area contributed by atoms with Gasteiger partial charge >= 0.3 is 6.09 Å². The number of benzene rings is 1. The Hall–Kier alpha value is -1.33. The van der Waals surface area contributed by atoms with Gasteiger partial charge in [0.25, 0.3) is 0 Å². The lowest BCUT2D eigenvalue weighted by atomic mass is 10.1. The minimum absolute atomic E-state index is 0.101. The lowest BCUT2D eigenvalue weighted by molar-refractivity contribution is 0.132. The van der Waals surface area contributed by atoms with Gasteiger partial charge in [-0.1, -0.05) is 77.3 Å². The average Bonchev–Trinajstić information content (AvgIpc) is 2.60. The van der Waals surface area contributed by atoms with Crippen LogP contribution in [0, 0.1) is 0 Å². The summed E-state index contributed by atoms with van der Waals surface area (Å²) in [7, 11) is -1.75. The molecule has 1 rings (SSSR count). The molecule has 0 aliphatic heterocycles. The quantitative estimate of drug-likeness (QED) is 0.356. The number of hydrogen-bond donors (Lipinski definition) is 1. The van der Waals surface area contributed by atoms with Gasteiger partial charge in [-0.05, 0) is 36.5 Å². The van der Waals surface area contributed by atoms with Crippen LogP contribution >= 0.6 is 0 Å². The van der Waals surface area contributed by atoms with Crippen molar-refractivity contribution in [3.05, 3.63) is 35.9 Å². The second-order valence-corrected chi connectivity index (χ2v) is 13.6. The van der Waals surface area contributed by atoms with Crippen LogP contribution in [0.15, 0.2) is 30.3 Å². The molecule has 0 heterocycles. The van der Waals surface area contributed by atoms with Crippen LogP contribution < -0.4 is 5.32 Å². The van der Waals surface area contributed by atoms with Crippen molar-refractivity contribution in [1.82, 2.24) is 5.32 Å². The first-order valence-electron chi connectivity index (χ1n) is 10.3. The van der Waals surface area contributed by atoms with E-state index < -0.39 is 8.32 Å². The Morgan fingerprint density at radius 2 is 1.78 bits per heavy atom. The van der Waals surface area contributed by atoms with Crippen LogP contribution in [0.5, 0.6) is 0 Å². The molecule has 0 spiro atoms. The molecule has 0 saturated heterocycles. The third-order valence-electron chi connectivity index (χ3n) is 5.43. The monoisotopic (exact) mass is 393 g/mol. The van der Waals surface area contributed by atoms with E-state index in [1.54, 1.807) is 0 Å². The molecule has 1 aromatic rings. The van der Waals surface area contributed by atoms with Crippen LogP contribution in [0.1, 0.15) is 65.4 Å². The number of alkyl carbamates (subject to hydrolysis) is 1. The molecule has 27 heavy (non-hydrogen) atoms. The molecule has 1 N–H and O–H groups in total. The SMILES string of the molecule is CCCCCC(CCO[Si](C)(C)C(C)(C)C)NC(=O)OCc1ccccc1. The molecule has 0 aromatic heterocycles. The summed E-state index contributed by atoms with van der Waals surface area (Å²) in [5.74, 6) is 0. The van der Waals surface area contributed by atoms with Crippen LogP contribution in [-0.2, 0) is 15.8 Å². The van der Waals surface area contributed by atoms with Crippen molar-refractivity contribution in [3.8, 4) is 0 Å². The summed E-state index contributed by atoms with van der Waals surface area (Å²) in [5.41, 5.74) is 0.997. The number of nitrogens with one attached hydrogen (secondary N) is 1. The summed E-state index contributed by atoms with van der Waals surface area (Å²) in [6.07, 6.45) is 4.92. The molecular formula is C22H39NO3Si. The lowest BCUT2D eigenvalue weighted by Gasteiger charge is -2.36. The van der Waals surface area contributed by atoms with Gasteiger partial charge in [-0.3, -0.25) is 0 Å². The maximum Gasteiger partial charge on any atom is 0.407 e. The van der Waals surface area contributed by atoms with Gasteiger partial charge in [0.1, 0.15) is 6.61 Å². The molecule has 0 aliphatic rings.